The molecule has 0 saturated heterocycles. The second kappa shape index (κ2) is 5.98. The van der Waals surface area contributed by atoms with E-state index in [1.54, 1.807) is 12.1 Å². The Morgan fingerprint density at radius 3 is 2.47 bits per heavy atom. The fourth-order valence-electron chi connectivity index (χ4n) is 1.96. The van der Waals surface area contributed by atoms with Gasteiger partial charge in [0.2, 0.25) is 0 Å². The van der Waals surface area contributed by atoms with Crippen LogP contribution in [-0.2, 0) is 17.6 Å². The third-order valence-electron chi connectivity index (χ3n) is 3.05. The molecule has 3 heteroatoms. The van der Waals surface area contributed by atoms with Crippen molar-refractivity contribution >= 4 is 17.4 Å². The van der Waals surface area contributed by atoms with E-state index in [1.165, 1.54) is 6.07 Å². The molecule has 0 aliphatic heterocycles. The highest BCUT2D eigenvalue weighted by Crippen LogP contribution is 2.16. The van der Waals surface area contributed by atoms with Crippen molar-refractivity contribution in [3.05, 3.63) is 70.0 Å². The van der Waals surface area contributed by atoms with E-state index in [1.807, 2.05) is 31.2 Å². The summed E-state index contributed by atoms with van der Waals surface area (Å²) in [6.07, 6.45) is 0.423. The zero-order valence-corrected chi connectivity index (χ0v) is 11.4. The summed E-state index contributed by atoms with van der Waals surface area (Å²) >= 11 is 5.68. The minimum absolute atomic E-state index is 0.00415. The van der Waals surface area contributed by atoms with E-state index in [0.717, 1.165) is 11.1 Å². The maximum atomic E-state index is 13.6. The normalized spacial score (nSPS) is 10.5. The van der Waals surface area contributed by atoms with Gasteiger partial charge in [0.15, 0.2) is 0 Å². The van der Waals surface area contributed by atoms with Crippen LogP contribution in [-0.4, -0.2) is 5.78 Å². The Labute approximate surface area is 117 Å². The first-order chi connectivity index (χ1) is 9.06. The smallest absolute Gasteiger partial charge is 0.141 e. The molecule has 0 aliphatic rings. The molecule has 0 atom stereocenters. The molecular formula is C16H14ClFO. The molecular weight excluding hydrogens is 263 g/mol. The fraction of sp³-hybridized carbons (Fsp3) is 0.188. The lowest BCUT2D eigenvalue weighted by Gasteiger charge is -2.06. The summed E-state index contributed by atoms with van der Waals surface area (Å²) in [6, 6.07) is 12.1. The van der Waals surface area contributed by atoms with Crippen LogP contribution in [0.5, 0.6) is 0 Å². The van der Waals surface area contributed by atoms with Crippen LogP contribution in [0.1, 0.15) is 16.7 Å². The first kappa shape index (κ1) is 13.8. The van der Waals surface area contributed by atoms with Crippen LogP contribution >= 0.6 is 11.6 Å². The van der Waals surface area contributed by atoms with Gasteiger partial charge in [-0.25, -0.2) is 4.39 Å². The summed E-state index contributed by atoms with van der Waals surface area (Å²) in [6.45, 7) is 1.96. The third kappa shape index (κ3) is 3.65. The van der Waals surface area contributed by atoms with Gasteiger partial charge in [-0.1, -0.05) is 41.9 Å². The monoisotopic (exact) mass is 276 g/mol. The molecule has 0 N–H and O–H groups in total. The highest BCUT2D eigenvalue weighted by molar-refractivity contribution is 6.30. The van der Waals surface area contributed by atoms with E-state index in [9.17, 15) is 9.18 Å². The summed E-state index contributed by atoms with van der Waals surface area (Å²) in [7, 11) is 0. The molecule has 0 amide bonds. The van der Waals surface area contributed by atoms with E-state index in [4.69, 9.17) is 11.6 Å². The van der Waals surface area contributed by atoms with Crippen LogP contribution in [0.3, 0.4) is 0 Å². The van der Waals surface area contributed by atoms with Crippen molar-refractivity contribution in [3.8, 4) is 0 Å². The summed E-state index contributed by atoms with van der Waals surface area (Å²) in [5, 5.41) is 0.340. The maximum Gasteiger partial charge on any atom is 0.141 e. The van der Waals surface area contributed by atoms with Crippen molar-refractivity contribution in [1.82, 2.24) is 0 Å². The first-order valence-corrected chi connectivity index (χ1v) is 6.44. The number of hydrogen-bond donors (Lipinski definition) is 0. The number of benzene rings is 2. The number of aryl methyl sites for hydroxylation is 1. The van der Waals surface area contributed by atoms with Gasteiger partial charge in [0.05, 0.1) is 0 Å². The molecule has 0 aromatic heterocycles. The molecule has 2 aromatic carbocycles. The Bertz CT molecular complexity index is 607. The van der Waals surface area contributed by atoms with Crippen LogP contribution in [0.4, 0.5) is 4.39 Å². The van der Waals surface area contributed by atoms with Gasteiger partial charge in [0, 0.05) is 17.9 Å². The predicted molar refractivity (Wildman–Crippen MR) is 75.0 cm³/mol. The highest BCUT2D eigenvalue weighted by atomic mass is 35.5. The molecule has 2 rings (SSSR count). The second-order valence-corrected chi connectivity index (χ2v) is 4.99. The number of rotatable bonds is 4. The van der Waals surface area contributed by atoms with E-state index >= 15 is 0 Å². The van der Waals surface area contributed by atoms with Crippen molar-refractivity contribution in [1.29, 1.82) is 0 Å². The highest BCUT2D eigenvalue weighted by Gasteiger charge is 2.10. The summed E-state index contributed by atoms with van der Waals surface area (Å²) in [4.78, 5) is 12.0. The molecule has 98 valence electrons. The summed E-state index contributed by atoms with van der Waals surface area (Å²) in [5.74, 6) is -0.429. The van der Waals surface area contributed by atoms with E-state index in [-0.39, 0.29) is 12.2 Å². The Kier molecular flexibility index (Phi) is 4.33. The van der Waals surface area contributed by atoms with Crippen LogP contribution in [0.15, 0.2) is 42.5 Å². The van der Waals surface area contributed by atoms with Crippen LogP contribution in [0, 0.1) is 12.7 Å². The molecule has 0 saturated carbocycles. The van der Waals surface area contributed by atoms with Crippen molar-refractivity contribution in [3.63, 3.8) is 0 Å². The molecule has 0 spiro atoms. The molecule has 1 nitrogen and oxygen atoms in total. The van der Waals surface area contributed by atoms with Crippen molar-refractivity contribution < 1.29 is 9.18 Å². The van der Waals surface area contributed by atoms with Gasteiger partial charge < -0.3 is 0 Å². The minimum atomic E-state index is -0.425. The zero-order valence-electron chi connectivity index (χ0n) is 10.6. The third-order valence-corrected chi connectivity index (χ3v) is 3.29. The van der Waals surface area contributed by atoms with E-state index in [0.29, 0.717) is 17.0 Å². The topological polar surface area (TPSA) is 17.1 Å². The Balaban J connectivity index is 2.08. The van der Waals surface area contributed by atoms with Gasteiger partial charge in [-0.15, -0.1) is 0 Å². The number of halogens is 2. The number of carbonyl (C=O) groups is 1. The average Bonchev–Trinajstić information content (AvgIpc) is 2.36. The number of carbonyl (C=O) groups excluding carboxylic acids is 1. The quantitative estimate of drug-likeness (QED) is 0.820. The number of hydrogen-bond acceptors (Lipinski definition) is 1. The minimum Gasteiger partial charge on any atom is -0.299 e. The van der Waals surface area contributed by atoms with Gasteiger partial charge >= 0.3 is 0 Å². The molecule has 19 heavy (non-hydrogen) atoms. The maximum absolute atomic E-state index is 13.6. The molecule has 0 radical (unpaired) electrons. The zero-order chi connectivity index (χ0) is 13.8. The van der Waals surface area contributed by atoms with Gasteiger partial charge in [0.1, 0.15) is 11.6 Å². The van der Waals surface area contributed by atoms with Crippen molar-refractivity contribution in [2.24, 2.45) is 0 Å². The SMILES string of the molecule is Cc1ccccc1CC(=O)Cc1ccc(Cl)cc1F. The molecule has 0 unspecified atom stereocenters. The standard InChI is InChI=1S/C16H14ClFO/c1-11-4-2-3-5-12(11)8-15(19)9-13-6-7-14(17)10-16(13)18/h2-7,10H,8-9H2,1H3. The van der Waals surface area contributed by atoms with Gasteiger partial charge in [0.25, 0.3) is 0 Å². The molecule has 0 aliphatic carbocycles. The summed E-state index contributed by atoms with van der Waals surface area (Å²) in [5.41, 5.74) is 2.46. The second-order valence-electron chi connectivity index (χ2n) is 4.55. The fourth-order valence-corrected chi connectivity index (χ4v) is 2.12. The van der Waals surface area contributed by atoms with Crippen LogP contribution < -0.4 is 0 Å². The first-order valence-electron chi connectivity index (χ1n) is 6.06. The van der Waals surface area contributed by atoms with Gasteiger partial charge in [-0.3, -0.25) is 4.79 Å². The number of ketones is 1. The van der Waals surface area contributed by atoms with E-state index in [2.05, 4.69) is 0 Å². The van der Waals surface area contributed by atoms with Gasteiger partial charge in [-0.05, 0) is 35.7 Å². The predicted octanol–water partition coefficient (Wildman–Crippen LogP) is 4.14. The Hall–Kier alpha value is -1.67. The van der Waals surface area contributed by atoms with E-state index < -0.39 is 5.82 Å². The Morgan fingerprint density at radius 1 is 1.11 bits per heavy atom. The summed E-state index contributed by atoms with van der Waals surface area (Å²) < 4.78 is 13.6. The van der Waals surface area contributed by atoms with Crippen LogP contribution in [0.2, 0.25) is 5.02 Å². The molecule has 0 heterocycles. The Morgan fingerprint density at radius 2 is 1.79 bits per heavy atom. The molecule has 0 fully saturated rings. The number of Topliss-reactive ketones (excluding diaryl/α,β-unsaturated/α-hetero) is 1. The van der Waals surface area contributed by atoms with Gasteiger partial charge in [-0.2, -0.15) is 0 Å². The lowest BCUT2D eigenvalue weighted by atomic mass is 9.99. The largest absolute Gasteiger partial charge is 0.299 e. The van der Waals surface area contributed by atoms with Crippen molar-refractivity contribution in [2.75, 3.05) is 0 Å². The van der Waals surface area contributed by atoms with Crippen molar-refractivity contribution in [2.45, 2.75) is 19.8 Å². The average molecular weight is 277 g/mol. The molecule has 2 aromatic rings. The lowest BCUT2D eigenvalue weighted by molar-refractivity contribution is -0.117. The molecule has 0 bridgehead atoms. The van der Waals surface area contributed by atoms with Crippen LogP contribution in [0.25, 0.3) is 0 Å². The lowest BCUT2D eigenvalue weighted by Crippen LogP contribution is -2.08.